The number of hydrogen-bond acceptors (Lipinski definition) is 2. The molecule has 1 aliphatic heterocycles. The van der Waals surface area contributed by atoms with E-state index in [9.17, 15) is 9.59 Å². The van der Waals surface area contributed by atoms with Gasteiger partial charge in [-0.25, -0.2) is 0 Å². The van der Waals surface area contributed by atoms with Crippen molar-refractivity contribution in [3.63, 3.8) is 0 Å². The van der Waals surface area contributed by atoms with E-state index in [1.165, 1.54) is 12.8 Å². The Hall–Kier alpha value is -0.770. The molecule has 4 saturated carbocycles. The largest absolute Gasteiger partial charge is 0.347 e. The summed E-state index contributed by atoms with van der Waals surface area (Å²) < 4.78 is 0. The first-order chi connectivity index (χ1) is 11.0. The van der Waals surface area contributed by atoms with E-state index in [1.807, 2.05) is 4.90 Å². The maximum Gasteiger partial charge on any atom is 0.241 e. The zero-order chi connectivity index (χ0) is 16.1. The number of carbonyl (C=O) groups excluding carboxylic acids is 2. The van der Waals surface area contributed by atoms with Gasteiger partial charge >= 0.3 is 0 Å². The Labute approximate surface area is 143 Å². The number of amides is 2. The molecular formula is C18H27ClN2O2. The van der Waals surface area contributed by atoms with Gasteiger partial charge in [-0.3, -0.25) is 9.59 Å². The smallest absolute Gasteiger partial charge is 0.241 e. The van der Waals surface area contributed by atoms with Crippen LogP contribution >= 0.6 is 11.6 Å². The molecule has 2 unspecified atom stereocenters. The van der Waals surface area contributed by atoms with E-state index in [1.54, 1.807) is 0 Å². The van der Waals surface area contributed by atoms with Crippen LogP contribution in [0, 0.1) is 17.3 Å². The number of alkyl halides is 1. The summed E-state index contributed by atoms with van der Waals surface area (Å²) in [5.74, 6) is 1.37. The first kappa shape index (κ1) is 15.7. The molecule has 4 aliphatic carbocycles. The number of rotatable bonds is 3. The summed E-state index contributed by atoms with van der Waals surface area (Å²) in [4.78, 5) is 26.9. The van der Waals surface area contributed by atoms with Crippen molar-refractivity contribution >= 4 is 23.4 Å². The molecule has 5 heteroatoms. The first-order valence-corrected chi connectivity index (χ1v) is 9.61. The van der Waals surface area contributed by atoms with E-state index in [-0.39, 0.29) is 28.6 Å². The van der Waals surface area contributed by atoms with Gasteiger partial charge in [-0.05, 0) is 69.6 Å². The molecule has 1 saturated heterocycles. The number of nitrogens with zero attached hydrogens (tertiary/aromatic N) is 1. The molecule has 4 nitrogen and oxygen atoms in total. The lowest BCUT2D eigenvalue weighted by molar-refractivity contribution is -0.146. The van der Waals surface area contributed by atoms with Crippen molar-refractivity contribution < 1.29 is 9.59 Å². The molecule has 5 aliphatic rings. The molecule has 0 aromatic rings. The fourth-order valence-electron chi connectivity index (χ4n) is 6.01. The van der Waals surface area contributed by atoms with Crippen LogP contribution in [0.15, 0.2) is 0 Å². The van der Waals surface area contributed by atoms with Gasteiger partial charge in [-0.1, -0.05) is 0 Å². The maximum atomic E-state index is 12.9. The molecule has 0 spiro atoms. The summed E-state index contributed by atoms with van der Waals surface area (Å²) in [7, 11) is 0. The Morgan fingerprint density at radius 1 is 1.04 bits per heavy atom. The maximum absolute atomic E-state index is 12.9. The van der Waals surface area contributed by atoms with Crippen LogP contribution in [0.25, 0.3) is 0 Å². The molecular weight excluding hydrogens is 312 g/mol. The van der Waals surface area contributed by atoms with Crippen LogP contribution in [0.1, 0.15) is 57.8 Å². The minimum absolute atomic E-state index is 0.0726. The van der Waals surface area contributed by atoms with Crippen molar-refractivity contribution in [1.29, 1.82) is 0 Å². The summed E-state index contributed by atoms with van der Waals surface area (Å²) in [5.41, 5.74) is -0.298. The van der Waals surface area contributed by atoms with Crippen LogP contribution in [0.3, 0.4) is 0 Å². The summed E-state index contributed by atoms with van der Waals surface area (Å²) in [6, 6.07) is 0. The average Bonchev–Trinajstić information content (AvgIpc) is 2.50. The SMILES string of the molecule is O=C(CNC(=O)C12CC3CC(CC(Cl)(C3)C1)C2)N1CCCCC1. The fraction of sp³-hybridized carbons (Fsp3) is 0.889. The Kier molecular flexibility index (Phi) is 3.86. The zero-order valence-electron chi connectivity index (χ0n) is 13.8. The van der Waals surface area contributed by atoms with Gasteiger partial charge in [0.25, 0.3) is 0 Å². The van der Waals surface area contributed by atoms with Gasteiger partial charge in [0.15, 0.2) is 0 Å². The van der Waals surface area contributed by atoms with Crippen molar-refractivity contribution in [2.45, 2.75) is 62.7 Å². The minimum Gasteiger partial charge on any atom is -0.347 e. The van der Waals surface area contributed by atoms with Gasteiger partial charge < -0.3 is 10.2 Å². The number of carbonyl (C=O) groups is 2. The van der Waals surface area contributed by atoms with Crippen LogP contribution < -0.4 is 5.32 Å². The topological polar surface area (TPSA) is 49.4 Å². The van der Waals surface area contributed by atoms with Crippen LogP contribution in [0.4, 0.5) is 0 Å². The van der Waals surface area contributed by atoms with E-state index in [4.69, 9.17) is 11.6 Å². The second-order valence-electron chi connectivity index (χ2n) is 8.52. The molecule has 0 aromatic carbocycles. The highest BCUT2D eigenvalue weighted by Crippen LogP contribution is 2.63. The number of likely N-dealkylation sites (tertiary alicyclic amines) is 1. The number of piperidine rings is 1. The molecule has 2 atom stereocenters. The van der Waals surface area contributed by atoms with Gasteiger partial charge in [-0.15, -0.1) is 11.6 Å². The molecule has 23 heavy (non-hydrogen) atoms. The normalized spacial score (nSPS) is 41.9. The van der Waals surface area contributed by atoms with Crippen molar-refractivity contribution in [2.24, 2.45) is 17.3 Å². The van der Waals surface area contributed by atoms with Gasteiger partial charge in [0.1, 0.15) is 0 Å². The van der Waals surface area contributed by atoms with Crippen molar-refractivity contribution in [3.05, 3.63) is 0 Å². The lowest BCUT2D eigenvalue weighted by Crippen LogP contribution is -2.59. The van der Waals surface area contributed by atoms with E-state index < -0.39 is 0 Å². The summed E-state index contributed by atoms with van der Waals surface area (Å²) in [6.45, 7) is 1.84. The number of hydrogen-bond donors (Lipinski definition) is 1. The molecule has 5 fully saturated rings. The molecule has 2 amide bonds. The second-order valence-corrected chi connectivity index (χ2v) is 9.32. The predicted octanol–water partition coefficient (Wildman–Crippen LogP) is 2.69. The average molecular weight is 339 g/mol. The van der Waals surface area contributed by atoms with E-state index in [0.717, 1.165) is 58.0 Å². The zero-order valence-corrected chi connectivity index (χ0v) is 14.5. The van der Waals surface area contributed by atoms with Crippen molar-refractivity contribution in [1.82, 2.24) is 10.2 Å². The minimum atomic E-state index is -0.298. The van der Waals surface area contributed by atoms with Crippen molar-refractivity contribution in [2.75, 3.05) is 19.6 Å². The summed E-state index contributed by atoms with van der Waals surface area (Å²) in [6.07, 6.45) is 9.53. The Bertz CT molecular complexity index is 501. The van der Waals surface area contributed by atoms with E-state index in [2.05, 4.69) is 5.32 Å². The fourth-order valence-corrected chi connectivity index (χ4v) is 6.71. The molecule has 5 rings (SSSR count). The molecule has 128 valence electrons. The standard InChI is InChI=1S/C18H27ClN2O2/c19-18-9-13-6-14(10-18)8-17(7-13,12-18)16(23)20-11-15(22)21-4-2-1-3-5-21/h13-14H,1-12H2,(H,20,23). The highest BCUT2D eigenvalue weighted by atomic mass is 35.5. The quantitative estimate of drug-likeness (QED) is 0.804. The number of nitrogens with one attached hydrogen (secondary N) is 1. The predicted molar refractivity (Wildman–Crippen MR) is 89.1 cm³/mol. The lowest BCUT2D eigenvalue weighted by atomic mass is 9.49. The van der Waals surface area contributed by atoms with Gasteiger partial charge in [-0.2, -0.15) is 0 Å². The molecule has 1 heterocycles. The Morgan fingerprint density at radius 2 is 1.70 bits per heavy atom. The summed E-state index contributed by atoms with van der Waals surface area (Å²) in [5, 5.41) is 2.97. The molecule has 1 N–H and O–H groups in total. The second kappa shape index (κ2) is 5.65. The Morgan fingerprint density at radius 3 is 2.30 bits per heavy atom. The van der Waals surface area contributed by atoms with Crippen LogP contribution in [-0.4, -0.2) is 41.2 Å². The first-order valence-electron chi connectivity index (χ1n) is 9.23. The van der Waals surface area contributed by atoms with E-state index in [0.29, 0.717) is 11.8 Å². The lowest BCUT2D eigenvalue weighted by Gasteiger charge is -2.59. The van der Waals surface area contributed by atoms with Gasteiger partial charge in [0, 0.05) is 18.0 Å². The van der Waals surface area contributed by atoms with Gasteiger partial charge in [0.05, 0.1) is 12.0 Å². The third kappa shape index (κ3) is 2.88. The van der Waals surface area contributed by atoms with Crippen LogP contribution in [0.2, 0.25) is 0 Å². The highest BCUT2D eigenvalue weighted by Gasteiger charge is 2.60. The third-order valence-corrected chi connectivity index (χ3v) is 7.02. The van der Waals surface area contributed by atoms with Crippen molar-refractivity contribution in [3.8, 4) is 0 Å². The molecule has 0 aromatic heterocycles. The van der Waals surface area contributed by atoms with Gasteiger partial charge in [0.2, 0.25) is 11.8 Å². The molecule has 0 radical (unpaired) electrons. The van der Waals surface area contributed by atoms with Crippen LogP contribution in [0.5, 0.6) is 0 Å². The Balaban J connectivity index is 1.38. The van der Waals surface area contributed by atoms with Crippen LogP contribution in [-0.2, 0) is 9.59 Å². The monoisotopic (exact) mass is 338 g/mol. The number of halogens is 1. The summed E-state index contributed by atoms with van der Waals surface area (Å²) >= 11 is 6.79. The van der Waals surface area contributed by atoms with E-state index >= 15 is 0 Å². The molecule has 4 bridgehead atoms. The highest BCUT2D eigenvalue weighted by molar-refractivity contribution is 6.24. The third-order valence-electron chi connectivity index (χ3n) is 6.58.